The van der Waals surface area contributed by atoms with Crippen molar-refractivity contribution < 1.29 is 23.5 Å². The van der Waals surface area contributed by atoms with Gasteiger partial charge in [-0.05, 0) is 57.5 Å². The van der Waals surface area contributed by atoms with Crippen molar-refractivity contribution in [3.8, 4) is 11.3 Å². The molecule has 0 bridgehead atoms. The van der Waals surface area contributed by atoms with Crippen molar-refractivity contribution >= 4 is 29.4 Å². The molecule has 1 atom stereocenters. The normalized spacial score (nSPS) is 15.0. The van der Waals surface area contributed by atoms with E-state index in [2.05, 4.69) is 4.99 Å². The fourth-order valence-electron chi connectivity index (χ4n) is 4.56. The Bertz CT molecular complexity index is 1790. The first kappa shape index (κ1) is 27.1. The molecule has 0 spiro atoms. The number of aryl methyl sites for hydroxylation is 1. The Hall–Kier alpha value is -4.50. The molecular weight excluding hydrogens is 528 g/mol. The summed E-state index contributed by atoms with van der Waals surface area (Å²) < 4.78 is 18.4. The number of carbonyl (C=O) groups excluding carboxylic acids is 2. The first-order chi connectivity index (χ1) is 19.3. The Balaban J connectivity index is 1.54. The van der Waals surface area contributed by atoms with Crippen LogP contribution in [-0.4, -0.2) is 29.7 Å². The second-order valence-corrected chi connectivity index (χ2v) is 10.2. The zero-order chi connectivity index (χ0) is 28.4. The van der Waals surface area contributed by atoms with Gasteiger partial charge in [0.05, 0.1) is 40.6 Å². The number of aromatic nitrogens is 1. The van der Waals surface area contributed by atoms with Crippen LogP contribution in [0.15, 0.2) is 86.1 Å². The minimum atomic E-state index is -0.664. The fourth-order valence-corrected chi connectivity index (χ4v) is 5.58. The third kappa shape index (κ3) is 5.20. The Morgan fingerprint density at radius 2 is 1.62 bits per heavy atom. The SMILES string of the molecule is CCOC(=O)C1=C(C)N=c2s/c(=C\c3ccc(-c4ccc(C(=O)OCC)cc4)o3)c(=O)n2[C@@H]1c1ccc(C)cc1. The number of esters is 2. The van der Waals surface area contributed by atoms with E-state index in [-0.39, 0.29) is 18.1 Å². The lowest BCUT2D eigenvalue weighted by Gasteiger charge is -2.24. The van der Waals surface area contributed by atoms with E-state index in [1.54, 1.807) is 67.8 Å². The van der Waals surface area contributed by atoms with Gasteiger partial charge in [-0.25, -0.2) is 14.6 Å². The summed E-state index contributed by atoms with van der Waals surface area (Å²) in [7, 11) is 0. The third-order valence-corrected chi connectivity index (χ3v) is 7.47. The summed E-state index contributed by atoms with van der Waals surface area (Å²) in [5, 5.41) is 0. The van der Waals surface area contributed by atoms with Crippen LogP contribution in [0.5, 0.6) is 0 Å². The molecule has 204 valence electrons. The van der Waals surface area contributed by atoms with Crippen molar-refractivity contribution in [3.05, 3.63) is 114 Å². The highest BCUT2D eigenvalue weighted by molar-refractivity contribution is 7.07. The smallest absolute Gasteiger partial charge is 0.338 e. The molecule has 3 heterocycles. The molecule has 9 heteroatoms. The van der Waals surface area contributed by atoms with Crippen LogP contribution in [0.2, 0.25) is 0 Å². The number of nitrogens with zero attached hydrogens (tertiary/aromatic N) is 2. The molecule has 0 saturated carbocycles. The molecule has 8 nitrogen and oxygen atoms in total. The van der Waals surface area contributed by atoms with Crippen LogP contribution in [-0.2, 0) is 14.3 Å². The number of thiazole rings is 1. The Kier molecular flexibility index (Phi) is 7.66. The highest BCUT2D eigenvalue weighted by Gasteiger charge is 2.33. The summed E-state index contributed by atoms with van der Waals surface area (Å²) in [6.45, 7) is 7.77. The lowest BCUT2D eigenvalue weighted by Crippen LogP contribution is -2.39. The molecule has 0 unspecified atom stereocenters. The first-order valence-electron chi connectivity index (χ1n) is 12.9. The van der Waals surface area contributed by atoms with Crippen molar-refractivity contribution in [1.82, 2.24) is 4.57 Å². The summed E-state index contributed by atoms with van der Waals surface area (Å²) in [4.78, 5) is 43.8. The van der Waals surface area contributed by atoms with Gasteiger partial charge in [0.25, 0.3) is 5.56 Å². The maximum absolute atomic E-state index is 13.8. The molecule has 2 aromatic carbocycles. The predicted octanol–water partition coefficient (Wildman–Crippen LogP) is 4.54. The van der Waals surface area contributed by atoms with E-state index in [0.717, 1.165) is 16.7 Å². The number of hydrogen-bond acceptors (Lipinski definition) is 8. The molecule has 0 amide bonds. The van der Waals surface area contributed by atoms with Gasteiger partial charge in [0.15, 0.2) is 4.80 Å². The van der Waals surface area contributed by atoms with Crippen LogP contribution in [0.25, 0.3) is 17.4 Å². The molecule has 1 aliphatic heterocycles. The fraction of sp³-hybridized carbons (Fsp3) is 0.226. The van der Waals surface area contributed by atoms with E-state index in [9.17, 15) is 14.4 Å². The van der Waals surface area contributed by atoms with Gasteiger partial charge >= 0.3 is 11.9 Å². The van der Waals surface area contributed by atoms with Crippen LogP contribution in [0.3, 0.4) is 0 Å². The first-order valence-corrected chi connectivity index (χ1v) is 13.8. The summed E-state index contributed by atoms with van der Waals surface area (Å²) in [5.41, 5.74) is 3.68. The third-order valence-electron chi connectivity index (χ3n) is 6.49. The van der Waals surface area contributed by atoms with Gasteiger partial charge in [0.1, 0.15) is 11.5 Å². The monoisotopic (exact) mass is 556 g/mol. The zero-order valence-corrected chi connectivity index (χ0v) is 23.4. The van der Waals surface area contributed by atoms with Crippen molar-refractivity contribution in [2.75, 3.05) is 13.2 Å². The molecule has 0 fully saturated rings. The maximum atomic E-state index is 13.8. The molecule has 0 N–H and O–H groups in total. The van der Waals surface area contributed by atoms with E-state index in [1.807, 2.05) is 31.2 Å². The van der Waals surface area contributed by atoms with Crippen molar-refractivity contribution in [2.45, 2.75) is 33.7 Å². The van der Waals surface area contributed by atoms with Crippen molar-refractivity contribution in [3.63, 3.8) is 0 Å². The van der Waals surface area contributed by atoms with Crippen molar-refractivity contribution in [2.24, 2.45) is 4.99 Å². The topological polar surface area (TPSA) is 100 Å². The average Bonchev–Trinajstić information content (AvgIpc) is 3.53. The van der Waals surface area contributed by atoms with Crippen molar-refractivity contribution in [1.29, 1.82) is 0 Å². The maximum Gasteiger partial charge on any atom is 0.338 e. The van der Waals surface area contributed by atoms with Crippen LogP contribution in [0.4, 0.5) is 0 Å². The minimum absolute atomic E-state index is 0.215. The number of rotatable bonds is 7. The number of allylic oxidation sites excluding steroid dienone is 1. The molecule has 0 saturated heterocycles. The predicted molar refractivity (Wildman–Crippen MR) is 152 cm³/mol. The van der Waals surface area contributed by atoms with Crippen LogP contribution in [0, 0.1) is 6.92 Å². The zero-order valence-electron chi connectivity index (χ0n) is 22.6. The quantitative estimate of drug-likeness (QED) is 0.310. The average molecular weight is 557 g/mol. The highest BCUT2D eigenvalue weighted by Crippen LogP contribution is 2.31. The molecule has 2 aromatic heterocycles. The number of furan rings is 1. The van der Waals surface area contributed by atoms with Gasteiger partial charge < -0.3 is 13.9 Å². The van der Waals surface area contributed by atoms with E-state index in [4.69, 9.17) is 13.9 Å². The second kappa shape index (κ2) is 11.3. The summed E-state index contributed by atoms with van der Waals surface area (Å²) in [6, 6.07) is 17.6. The Morgan fingerprint density at radius 1 is 0.950 bits per heavy atom. The molecule has 0 aliphatic carbocycles. The molecular formula is C31H28N2O6S. The summed E-state index contributed by atoms with van der Waals surface area (Å²) >= 11 is 1.23. The Morgan fingerprint density at radius 3 is 2.30 bits per heavy atom. The summed E-state index contributed by atoms with van der Waals surface area (Å²) in [6.07, 6.45) is 1.68. The van der Waals surface area contributed by atoms with E-state index in [0.29, 0.717) is 44.3 Å². The van der Waals surface area contributed by atoms with Crippen LogP contribution >= 0.6 is 11.3 Å². The van der Waals surface area contributed by atoms with Gasteiger partial charge in [-0.1, -0.05) is 53.3 Å². The number of benzene rings is 2. The van der Waals surface area contributed by atoms with Gasteiger partial charge in [0, 0.05) is 11.6 Å². The minimum Gasteiger partial charge on any atom is -0.463 e. The van der Waals surface area contributed by atoms with Crippen LogP contribution in [0.1, 0.15) is 54.1 Å². The van der Waals surface area contributed by atoms with Crippen LogP contribution < -0.4 is 14.9 Å². The molecule has 4 aromatic rings. The number of fused-ring (bicyclic) bond motifs is 1. The van der Waals surface area contributed by atoms with E-state index < -0.39 is 12.0 Å². The van der Waals surface area contributed by atoms with Gasteiger partial charge in [-0.2, -0.15) is 0 Å². The van der Waals surface area contributed by atoms with E-state index in [1.165, 1.54) is 11.3 Å². The lowest BCUT2D eigenvalue weighted by molar-refractivity contribution is -0.139. The standard InChI is InChI=1S/C31H28N2O6S/c1-5-37-29(35)22-13-11-20(12-14-22)24-16-15-23(39-24)17-25-28(34)33-27(21-9-7-18(3)8-10-21)26(30(36)38-6-2)19(4)32-31(33)40-25/h7-17,27H,5-6H2,1-4H3/b25-17-/t27-/m1/s1. The van der Waals surface area contributed by atoms with Gasteiger partial charge in [-0.15, -0.1) is 0 Å². The van der Waals surface area contributed by atoms with Gasteiger partial charge in [0.2, 0.25) is 0 Å². The second-order valence-electron chi connectivity index (χ2n) is 9.21. The molecule has 0 radical (unpaired) electrons. The van der Waals surface area contributed by atoms with E-state index >= 15 is 0 Å². The number of hydrogen-bond donors (Lipinski definition) is 0. The van der Waals surface area contributed by atoms with Gasteiger partial charge in [-0.3, -0.25) is 9.36 Å². The largest absolute Gasteiger partial charge is 0.463 e. The molecule has 40 heavy (non-hydrogen) atoms. The molecule has 1 aliphatic rings. The summed E-state index contributed by atoms with van der Waals surface area (Å²) in [5.74, 6) is 0.207. The Labute approximate surface area is 234 Å². The number of ether oxygens (including phenoxy) is 2. The number of carbonyl (C=O) groups is 2. The highest BCUT2D eigenvalue weighted by atomic mass is 32.1. The lowest BCUT2D eigenvalue weighted by atomic mass is 9.95. The molecule has 5 rings (SSSR count).